The van der Waals surface area contributed by atoms with Crippen molar-refractivity contribution < 1.29 is 0 Å². The Morgan fingerprint density at radius 1 is 1.46 bits per heavy atom. The van der Waals surface area contributed by atoms with E-state index < -0.39 is 0 Å². The van der Waals surface area contributed by atoms with Crippen molar-refractivity contribution in [2.75, 3.05) is 0 Å². The highest BCUT2D eigenvalue weighted by Crippen LogP contribution is 2.38. The monoisotopic (exact) mass is 175 g/mol. The van der Waals surface area contributed by atoms with Gasteiger partial charge in [0.05, 0.1) is 0 Å². The van der Waals surface area contributed by atoms with Crippen LogP contribution in [0.3, 0.4) is 0 Å². The maximum absolute atomic E-state index is 4.50. The zero-order chi connectivity index (χ0) is 9.47. The molecule has 0 amide bonds. The van der Waals surface area contributed by atoms with Gasteiger partial charge in [-0.1, -0.05) is 26.3 Å². The quantitative estimate of drug-likeness (QED) is 0.639. The van der Waals surface area contributed by atoms with E-state index in [9.17, 15) is 0 Å². The minimum Gasteiger partial charge on any atom is -0.261 e. The molecule has 1 aromatic rings. The van der Waals surface area contributed by atoms with E-state index in [4.69, 9.17) is 0 Å². The molecule has 1 nitrogen and oxygen atoms in total. The normalized spacial score (nSPS) is 26.1. The third-order valence-corrected chi connectivity index (χ3v) is 3.26. The molecule has 0 radical (unpaired) electrons. The molecule has 2 rings (SSSR count). The third kappa shape index (κ3) is 1.48. The SMILES string of the molecule is CCC1(C)Cc2cc(C)cnc2C1. The van der Waals surface area contributed by atoms with E-state index >= 15 is 0 Å². The van der Waals surface area contributed by atoms with Crippen LogP contribution in [0.1, 0.15) is 37.1 Å². The maximum atomic E-state index is 4.50. The summed E-state index contributed by atoms with van der Waals surface area (Å²) < 4.78 is 0. The number of nitrogens with zero attached hydrogens (tertiary/aromatic N) is 1. The standard InChI is InChI=1S/C12H17N/c1-4-12(3)6-10-5-9(2)8-13-11(10)7-12/h5,8H,4,6-7H2,1-3H3. The van der Waals surface area contributed by atoms with E-state index in [0.29, 0.717) is 5.41 Å². The highest BCUT2D eigenvalue weighted by Gasteiger charge is 2.31. The van der Waals surface area contributed by atoms with Gasteiger partial charge in [0.1, 0.15) is 0 Å². The fourth-order valence-corrected chi connectivity index (χ4v) is 2.15. The molecule has 13 heavy (non-hydrogen) atoms. The first kappa shape index (κ1) is 8.74. The highest BCUT2D eigenvalue weighted by molar-refractivity contribution is 5.31. The molecule has 1 aromatic heterocycles. The molecule has 1 heteroatoms. The summed E-state index contributed by atoms with van der Waals surface area (Å²) in [6.07, 6.45) is 5.62. The van der Waals surface area contributed by atoms with Crippen LogP contribution in [0.4, 0.5) is 0 Å². The van der Waals surface area contributed by atoms with Crippen LogP contribution in [0, 0.1) is 12.3 Å². The molecule has 70 valence electrons. The molecule has 0 spiro atoms. The summed E-state index contributed by atoms with van der Waals surface area (Å²) in [4.78, 5) is 4.50. The fraction of sp³-hybridized carbons (Fsp3) is 0.583. The first-order valence-electron chi connectivity index (χ1n) is 5.07. The highest BCUT2D eigenvalue weighted by atomic mass is 14.7. The Hall–Kier alpha value is -0.850. The lowest BCUT2D eigenvalue weighted by atomic mass is 9.85. The molecular formula is C12H17N. The van der Waals surface area contributed by atoms with E-state index in [2.05, 4.69) is 31.8 Å². The van der Waals surface area contributed by atoms with Gasteiger partial charge in [-0.15, -0.1) is 0 Å². The van der Waals surface area contributed by atoms with Gasteiger partial charge < -0.3 is 0 Å². The summed E-state index contributed by atoms with van der Waals surface area (Å²) >= 11 is 0. The molecule has 0 fully saturated rings. The van der Waals surface area contributed by atoms with Gasteiger partial charge in [-0.3, -0.25) is 4.98 Å². The molecular weight excluding hydrogens is 158 g/mol. The van der Waals surface area contributed by atoms with Gasteiger partial charge in [0.2, 0.25) is 0 Å². The number of fused-ring (bicyclic) bond motifs is 1. The predicted octanol–water partition coefficient (Wildman–Crippen LogP) is 2.90. The van der Waals surface area contributed by atoms with Crippen LogP contribution in [0.5, 0.6) is 0 Å². The van der Waals surface area contributed by atoms with Crippen LogP contribution in [0.25, 0.3) is 0 Å². The summed E-state index contributed by atoms with van der Waals surface area (Å²) in [7, 11) is 0. The van der Waals surface area contributed by atoms with Crippen molar-refractivity contribution in [1.29, 1.82) is 0 Å². The average Bonchev–Trinajstić information content (AvgIpc) is 2.42. The summed E-state index contributed by atoms with van der Waals surface area (Å²) in [5.41, 5.74) is 4.57. The number of pyridine rings is 1. The molecule has 0 aromatic carbocycles. The van der Waals surface area contributed by atoms with Crippen molar-refractivity contribution >= 4 is 0 Å². The van der Waals surface area contributed by atoms with Crippen LogP contribution in [-0.2, 0) is 12.8 Å². The Balaban J connectivity index is 2.35. The number of hydrogen-bond donors (Lipinski definition) is 0. The van der Waals surface area contributed by atoms with Crippen molar-refractivity contribution in [1.82, 2.24) is 4.98 Å². The number of hydrogen-bond acceptors (Lipinski definition) is 1. The molecule has 0 saturated carbocycles. The summed E-state index contributed by atoms with van der Waals surface area (Å²) in [5, 5.41) is 0. The van der Waals surface area contributed by atoms with Gasteiger partial charge >= 0.3 is 0 Å². The van der Waals surface area contributed by atoms with Gasteiger partial charge in [0.25, 0.3) is 0 Å². The molecule has 1 heterocycles. The minimum atomic E-state index is 0.475. The molecule has 1 atom stereocenters. The van der Waals surface area contributed by atoms with Gasteiger partial charge in [-0.2, -0.15) is 0 Å². The first-order valence-corrected chi connectivity index (χ1v) is 5.07. The lowest BCUT2D eigenvalue weighted by Gasteiger charge is -2.19. The lowest BCUT2D eigenvalue weighted by Crippen LogP contribution is -2.14. The second kappa shape index (κ2) is 2.83. The maximum Gasteiger partial charge on any atom is 0.0441 e. The Morgan fingerprint density at radius 2 is 2.23 bits per heavy atom. The lowest BCUT2D eigenvalue weighted by molar-refractivity contribution is 0.331. The average molecular weight is 175 g/mol. The Labute approximate surface area is 80.2 Å². The molecule has 0 bridgehead atoms. The van der Waals surface area contributed by atoms with Crippen molar-refractivity contribution in [3.05, 3.63) is 29.1 Å². The summed E-state index contributed by atoms with van der Waals surface area (Å²) in [6, 6.07) is 2.29. The number of aryl methyl sites for hydroxylation is 1. The smallest absolute Gasteiger partial charge is 0.0441 e. The van der Waals surface area contributed by atoms with Crippen LogP contribution in [-0.4, -0.2) is 4.98 Å². The molecule has 1 unspecified atom stereocenters. The van der Waals surface area contributed by atoms with Crippen molar-refractivity contribution in [2.45, 2.75) is 40.0 Å². The minimum absolute atomic E-state index is 0.475. The van der Waals surface area contributed by atoms with Crippen molar-refractivity contribution in [3.8, 4) is 0 Å². The van der Waals surface area contributed by atoms with E-state index in [1.807, 2.05) is 6.20 Å². The van der Waals surface area contributed by atoms with Gasteiger partial charge in [-0.25, -0.2) is 0 Å². The molecule has 0 saturated heterocycles. The van der Waals surface area contributed by atoms with E-state index in [1.165, 1.54) is 36.1 Å². The second-order valence-electron chi connectivity index (χ2n) is 4.64. The second-order valence-corrected chi connectivity index (χ2v) is 4.64. The fourth-order valence-electron chi connectivity index (χ4n) is 2.15. The molecule has 1 aliphatic carbocycles. The van der Waals surface area contributed by atoms with Crippen LogP contribution >= 0.6 is 0 Å². The van der Waals surface area contributed by atoms with Crippen LogP contribution in [0.2, 0.25) is 0 Å². The van der Waals surface area contributed by atoms with Gasteiger partial charge in [0.15, 0.2) is 0 Å². The van der Waals surface area contributed by atoms with Crippen molar-refractivity contribution in [3.63, 3.8) is 0 Å². The van der Waals surface area contributed by atoms with E-state index in [0.717, 1.165) is 0 Å². The zero-order valence-corrected chi connectivity index (χ0v) is 8.72. The Bertz CT molecular complexity index is 330. The van der Waals surface area contributed by atoms with Gasteiger partial charge in [0, 0.05) is 11.9 Å². The van der Waals surface area contributed by atoms with Gasteiger partial charge in [-0.05, 0) is 36.3 Å². The molecule has 0 N–H and O–H groups in total. The zero-order valence-electron chi connectivity index (χ0n) is 8.72. The number of aromatic nitrogens is 1. The first-order chi connectivity index (χ1) is 6.13. The largest absolute Gasteiger partial charge is 0.261 e. The summed E-state index contributed by atoms with van der Waals surface area (Å²) in [6.45, 7) is 6.76. The number of rotatable bonds is 1. The Morgan fingerprint density at radius 3 is 2.92 bits per heavy atom. The van der Waals surface area contributed by atoms with Crippen molar-refractivity contribution in [2.24, 2.45) is 5.41 Å². The third-order valence-electron chi connectivity index (χ3n) is 3.26. The topological polar surface area (TPSA) is 12.9 Å². The summed E-state index contributed by atoms with van der Waals surface area (Å²) in [5.74, 6) is 0. The van der Waals surface area contributed by atoms with E-state index in [1.54, 1.807) is 0 Å². The van der Waals surface area contributed by atoms with E-state index in [-0.39, 0.29) is 0 Å². The Kier molecular flexibility index (Phi) is 1.90. The molecule has 1 aliphatic rings. The van der Waals surface area contributed by atoms with Crippen LogP contribution in [0.15, 0.2) is 12.3 Å². The molecule has 0 aliphatic heterocycles. The predicted molar refractivity (Wildman–Crippen MR) is 54.8 cm³/mol. The van der Waals surface area contributed by atoms with Crippen LogP contribution < -0.4 is 0 Å².